The fourth-order valence-corrected chi connectivity index (χ4v) is 5.67. The summed E-state index contributed by atoms with van der Waals surface area (Å²) in [7, 11) is 0. The van der Waals surface area contributed by atoms with Gasteiger partial charge in [-0.1, -0.05) is 17.8 Å². The zero-order chi connectivity index (χ0) is 22.6. The van der Waals surface area contributed by atoms with E-state index in [1.54, 1.807) is 15.4 Å². The second kappa shape index (κ2) is 8.04. The highest BCUT2D eigenvalue weighted by molar-refractivity contribution is 7.99. The van der Waals surface area contributed by atoms with Crippen LogP contribution in [0.2, 0.25) is 0 Å². The number of benzene rings is 1. The average molecular weight is 454 g/mol. The predicted octanol–water partition coefficient (Wildman–Crippen LogP) is 2.87. The van der Waals surface area contributed by atoms with Gasteiger partial charge in [-0.2, -0.15) is 5.10 Å². The number of aryl methyl sites for hydroxylation is 2. The highest BCUT2D eigenvalue weighted by Gasteiger charge is 2.33. The van der Waals surface area contributed by atoms with Crippen molar-refractivity contribution in [2.75, 3.05) is 18.8 Å². The monoisotopic (exact) mass is 453 g/mol. The van der Waals surface area contributed by atoms with E-state index < -0.39 is 0 Å². The first-order valence-electron chi connectivity index (χ1n) is 11.0. The number of morpholine rings is 1. The minimum atomic E-state index is -0.203. The number of fused-ring (bicyclic) bond motifs is 2. The van der Waals surface area contributed by atoms with Crippen LogP contribution in [0, 0.1) is 13.8 Å². The highest BCUT2D eigenvalue weighted by Crippen LogP contribution is 2.34. The fourth-order valence-electron chi connectivity index (χ4n) is 4.54. The molecule has 1 saturated heterocycles. The Labute approximate surface area is 190 Å². The Balaban J connectivity index is 1.46. The van der Waals surface area contributed by atoms with E-state index in [-0.39, 0.29) is 36.1 Å². The van der Waals surface area contributed by atoms with Gasteiger partial charge in [0.1, 0.15) is 5.39 Å². The number of carbonyl (C=O) groups excluding carboxylic acids is 1. The molecule has 2 aromatic heterocycles. The lowest BCUT2D eigenvalue weighted by molar-refractivity contribution is -0.143. The summed E-state index contributed by atoms with van der Waals surface area (Å²) in [6.45, 7) is 9.26. The fraction of sp³-hybridized carbons (Fsp3) is 0.478. The van der Waals surface area contributed by atoms with Gasteiger partial charge in [-0.25, -0.2) is 9.67 Å². The Bertz CT molecular complexity index is 1260. The van der Waals surface area contributed by atoms with Crippen LogP contribution in [0.3, 0.4) is 0 Å². The normalized spacial score (nSPS) is 23.0. The second-order valence-corrected chi connectivity index (χ2v) is 9.84. The molecule has 0 radical (unpaired) electrons. The van der Waals surface area contributed by atoms with E-state index in [4.69, 9.17) is 9.72 Å². The molecule has 0 N–H and O–H groups in total. The molecular formula is C23H27N5O3S. The first-order valence-corrected chi connectivity index (χ1v) is 11.9. The van der Waals surface area contributed by atoms with Crippen LogP contribution in [0.5, 0.6) is 0 Å². The number of thioether (sulfide) groups is 1. The Morgan fingerprint density at radius 2 is 1.94 bits per heavy atom. The van der Waals surface area contributed by atoms with Gasteiger partial charge in [0, 0.05) is 25.3 Å². The largest absolute Gasteiger partial charge is 0.372 e. The van der Waals surface area contributed by atoms with E-state index in [2.05, 4.69) is 18.9 Å². The van der Waals surface area contributed by atoms with Gasteiger partial charge in [-0.05, 0) is 51.0 Å². The Kier molecular flexibility index (Phi) is 5.33. The summed E-state index contributed by atoms with van der Waals surface area (Å²) in [5, 5.41) is 5.58. The average Bonchev–Trinajstić information content (AvgIpc) is 3.34. The van der Waals surface area contributed by atoms with Crippen molar-refractivity contribution in [3.63, 3.8) is 0 Å². The summed E-state index contributed by atoms with van der Waals surface area (Å²) in [5.74, 6) is 0.718. The Morgan fingerprint density at radius 1 is 1.19 bits per heavy atom. The van der Waals surface area contributed by atoms with Gasteiger partial charge in [0.15, 0.2) is 10.8 Å². The molecule has 9 heteroatoms. The summed E-state index contributed by atoms with van der Waals surface area (Å²) in [6.07, 6.45) is 1.92. The molecular weight excluding hydrogens is 426 g/mol. The first-order chi connectivity index (χ1) is 15.3. The molecule has 1 aromatic carbocycles. The highest BCUT2D eigenvalue weighted by atomic mass is 32.2. The van der Waals surface area contributed by atoms with Crippen LogP contribution in [0.1, 0.15) is 37.4 Å². The van der Waals surface area contributed by atoms with Gasteiger partial charge in [0.2, 0.25) is 5.91 Å². The zero-order valence-electron chi connectivity index (χ0n) is 18.7. The number of amides is 1. The van der Waals surface area contributed by atoms with E-state index in [1.807, 2.05) is 36.9 Å². The van der Waals surface area contributed by atoms with E-state index in [0.29, 0.717) is 35.0 Å². The van der Waals surface area contributed by atoms with Crippen molar-refractivity contribution >= 4 is 28.7 Å². The van der Waals surface area contributed by atoms with Gasteiger partial charge < -0.3 is 9.64 Å². The van der Waals surface area contributed by atoms with Gasteiger partial charge in [0.05, 0.1) is 30.1 Å². The molecule has 3 atom stereocenters. The van der Waals surface area contributed by atoms with Gasteiger partial charge in [-0.15, -0.1) is 0 Å². The molecule has 1 fully saturated rings. The summed E-state index contributed by atoms with van der Waals surface area (Å²) < 4.78 is 9.15. The maximum atomic E-state index is 13.4. The molecule has 0 aliphatic carbocycles. The number of nitrogens with zero attached hydrogens (tertiary/aromatic N) is 5. The zero-order valence-corrected chi connectivity index (χ0v) is 19.6. The molecule has 0 saturated carbocycles. The van der Waals surface area contributed by atoms with E-state index in [0.717, 1.165) is 11.3 Å². The maximum Gasteiger partial charge on any atom is 0.265 e. The van der Waals surface area contributed by atoms with Crippen LogP contribution in [-0.4, -0.2) is 61.2 Å². The summed E-state index contributed by atoms with van der Waals surface area (Å²) in [5.41, 5.74) is 3.66. The SMILES string of the molecule is Cc1ccc(-n2ncc3c(=O)n4c(nc32)SCC4CC(=O)N2CC(C)OC(C)C2)cc1C. The summed E-state index contributed by atoms with van der Waals surface area (Å²) >= 11 is 1.52. The minimum Gasteiger partial charge on any atom is -0.372 e. The molecule has 2 aliphatic heterocycles. The Hall–Kier alpha value is -2.65. The number of hydrogen-bond acceptors (Lipinski definition) is 6. The molecule has 3 aromatic rings. The number of carbonyl (C=O) groups is 1. The van der Waals surface area contributed by atoms with Crippen molar-refractivity contribution in [3.8, 4) is 5.69 Å². The first kappa shape index (κ1) is 21.2. The molecule has 8 nitrogen and oxygen atoms in total. The molecule has 2 aliphatic rings. The summed E-state index contributed by atoms with van der Waals surface area (Å²) in [6, 6.07) is 5.88. The van der Waals surface area contributed by atoms with E-state index in [9.17, 15) is 9.59 Å². The van der Waals surface area contributed by atoms with E-state index >= 15 is 0 Å². The predicted molar refractivity (Wildman–Crippen MR) is 124 cm³/mol. The van der Waals surface area contributed by atoms with Crippen LogP contribution in [0.15, 0.2) is 34.3 Å². The van der Waals surface area contributed by atoms with Gasteiger partial charge in [0.25, 0.3) is 5.56 Å². The molecule has 1 amide bonds. The summed E-state index contributed by atoms with van der Waals surface area (Å²) in [4.78, 5) is 33.0. The van der Waals surface area contributed by atoms with Crippen LogP contribution in [0.25, 0.3) is 16.7 Å². The molecule has 5 rings (SSSR count). The lowest BCUT2D eigenvalue weighted by Crippen LogP contribution is -2.48. The maximum absolute atomic E-state index is 13.4. The number of ether oxygens (including phenoxy) is 1. The lowest BCUT2D eigenvalue weighted by Gasteiger charge is -2.35. The number of rotatable bonds is 3. The van der Waals surface area contributed by atoms with Crippen LogP contribution >= 0.6 is 11.8 Å². The van der Waals surface area contributed by atoms with Crippen molar-refractivity contribution in [2.45, 2.75) is 57.5 Å². The van der Waals surface area contributed by atoms with Gasteiger partial charge >= 0.3 is 0 Å². The molecule has 3 unspecified atom stereocenters. The standard InChI is InChI=1S/C23H27N5O3S/c1-13-5-6-17(7-14(13)2)28-21-19(9-24-28)22(30)27-18(12-32-23(27)25-21)8-20(29)26-10-15(3)31-16(4)11-26/h5-7,9,15-16,18H,8,10-12H2,1-4H3. The molecule has 4 heterocycles. The van der Waals surface area contributed by atoms with E-state index in [1.165, 1.54) is 17.3 Å². The van der Waals surface area contributed by atoms with Crippen molar-refractivity contribution in [1.29, 1.82) is 0 Å². The quantitative estimate of drug-likeness (QED) is 0.567. The topological polar surface area (TPSA) is 82.2 Å². The minimum absolute atomic E-state index is 0.0215. The number of hydrogen-bond donors (Lipinski definition) is 0. The molecule has 32 heavy (non-hydrogen) atoms. The molecule has 168 valence electrons. The lowest BCUT2D eigenvalue weighted by atomic mass is 10.1. The van der Waals surface area contributed by atoms with Crippen molar-refractivity contribution in [1.82, 2.24) is 24.2 Å². The smallest absolute Gasteiger partial charge is 0.265 e. The number of aromatic nitrogens is 4. The van der Waals surface area contributed by atoms with Crippen molar-refractivity contribution in [2.24, 2.45) is 0 Å². The third kappa shape index (κ3) is 3.63. The third-order valence-corrected chi connectivity index (χ3v) is 7.39. The third-order valence-electron chi connectivity index (χ3n) is 6.29. The van der Waals surface area contributed by atoms with Crippen LogP contribution in [0.4, 0.5) is 0 Å². The van der Waals surface area contributed by atoms with Gasteiger partial charge in [-0.3, -0.25) is 14.2 Å². The van der Waals surface area contributed by atoms with Crippen LogP contribution in [-0.2, 0) is 9.53 Å². The molecule has 0 spiro atoms. The van der Waals surface area contributed by atoms with Crippen molar-refractivity contribution < 1.29 is 9.53 Å². The molecule has 0 bridgehead atoms. The second-order valence-electron chi connectivity index (χ2n) is 8.86. The van der Waals surface area contributed by atoms with Crippen molar-refractivity contribution in [3.05, 3.63) is 45.9 Å². The van der Waals surface area contributed by atoms with Crippen LogP contribution < -0.4 is 5.56 Å². The Morgan fingerprint density at radius 3 is 2.66 bits per heavy atom.